The number of hydrogen-bond donors (Lipinski definition) is 0. The van der Waals surface area contributed by atoms with E-state index in [1.54, 1.807) is 28.8 Å². The van der Waals surface area contributed by atoms with Crippen LogP contribution in [0, 0.1) is 11.6 Å². The molecule has 3 aromatic carbocycles. The van der Waals surface area contributed by atoms with Gasteiger partial charge in [0, 0.05) is 17.5 Å². The molecule has 2 aromatic heterocycles. The molecule has 0 N–H and O–H groups in total. The van der Waals surface area contributed by atoms with Crippen molar-refractivity contribution >= 4 is 38.6 Å². The number of aromatic nitrogens is 4. The lowest BCUT2D eigenvalue weighted by Gasteiger charge is -2.12. The highest BCUT2D eigenvalue weighted by Gasteiger charge is 2.20. The van der Waals surface area contributed by atoms with Crippen LogP contribution in [0.4, 0.5) is 8.78 Å². The maximum absolute atomic E-state index is 14.8. The van der Waals surface area contributed by atoms with Gasteiger partial charge in [-0.05, 0) is 48.0 Å². The molecule has 0 saturated heterocycles. The molecule has 0 saturated carbocycles. The largest absolute Gasteiger partial charge is 0.275 e. The number of para-hydroxylation sites is 1. The fourth-order valence-corrected chi connectivity index (χ4v) is 4.17. The molecule has 0 aliphatic carbocycles. The number of fused-ring (bicyclic) bond motifs is 1. The van der Waals surface area contributed by atoms with Gasteiger partial charge in [-0.25, -0.2) is 13.8 Å². The van der Waals surface area contributed by atoms with Crippen molar-refractivity contribution in [2.75, 3.05) is 0 Å². The van der Waals surface area contributed by atoms with Gasteiger partial charge in [0.25, 0.3) is 5.56 Å². The molecule has 0 fully saturated rings. The molecule has 2 heterocycles. The molecule has 0 aliphatic heterocycles. The Morgan fingerprint density at radius 3 is 2.55 bits per heavy atom. The molecule has 5 rings (SSSR count). The molecule has 0 atom stereocenters. The highest BCUT2D eigenvalue weighted by Crippen LogP contribution is 2.31. The SMILES string of the molecule is O=c1ccc(-n2c(-c3ccc(F)cc3F)nc3cc(CBr)ccc32)nn1-c1ccccc1Cl. The first-order valence-corrected chi connectivity index (χ1v) is 11.3. The molecule has 9 heteroatoms. The number of halogens is 4. The number of imidazole rings is 1. The quantitative estimate of drug-likeness (QED) is 0.267. The third kappa shape index (κ3) is 3.85. The standard InChI is InChI=1S/C24H14BrClF2N4O/c25-13-14-5-8-21-19(11-14)29-24(16-7-6-15(27)12-18(16)28)31(21)22-9-10-23(33)32(30-22)20-4-2-1-3-17(20)26/h1-12H,13H2. The molecule has 0 aliphatic rings. The van der Waals surface area contributed by atoms with Crippen LogP contribution in [0.15, 0.2) is 77.6 Å². The lowest BCUT2D eigenvalue weighted by molar-refractivity contribution is 0.584. The molecule has 164 valence electrons. The summed E-state index contributed by atoms with van der Waals surface area (Å²) >= 11 is 9.72. The van der Waals surface area contributed by atoms with E-state index in [1.165, 1.54) is 28.9 Å². The fraction of sp³-hybridized carbons (Fsp3) is 0.0417. The summed E-state index contributed by atoms with van der Waals surface area (Å²) in [6.07, 6.45) is 0. The van der Waals surface area contributed by atoms with E-state index in [2.05, 4.69) is 26.0 Å². The normalized spacial score (nSPS) is 11.3. The van der Waals surface area contributed by atoms with Crippen molar-refractivity contribution < 1.29 is 8.78 Å². The zero-order valence-electron chi connectivity index (χ0n) is 16.8. The summed E-state index contributed by atoms with van der Waals surface area (Å²) in [4.78, 5) is 17.2. The Labute approximate surface area is 200 Å². The Kier molecular flexibility index (Phi) is 5.55. The molecular formula is C24H14BrClF2N4O. The lowest BCUT2D eigenvalue weighted by Crippen LogP contribution is -2.22. The Morgan fingerprint density at radius 1 is 0.970 bits per heavy atom. The maximum Gasteiger partial charge on any atom is 0.271 e. The summed E-state index contributed by atoms with van der Waals surface area (Å²) in [5, 5.41) is 5.48. The summed E-state index contributed by atoms with van der Waals surface area (Å²) in [7, 11) is 0. The van der Waals surface area contributed by atoms with Crippen molar-refractivity contribution in [2.45, 2.75) is 5.33 Å². The average molecular weight is 528 g/mol. The number of alkyl halides is 1. The molecule has 5 nitrogen and oxygen atoms in total. The van der Waals surface area contributed by atoms with Crippen LogP contribution < -0.4 is 5.56 Å². The highest BCUT2D eigenvalue weighted by molar-refractivity contribution is 9.08. The van der Waals surface area contributed by atoms with Crippen LogP contribution in [0.2, 0.25) is 5.02 Å². The summed E-state index contributed by atoms with van der Waals surface area (Å²) in [5.74, 6) is -0.897. The Morgan fingerprint density at radius 2 is 1.79 bits per heavy atom. The third-order valence-electron chi connectivity index (χ3n) is 5.14. The fourth-order valence-electron chi connectivity index (χ4n) is 3.61. The minimum Gasteiger partial charge on any atom is -0.275 e. The van der Waals surface area contributed by atoms with Crippen LogP contribution in [-0.2, 0) is 5.33 Å². The summed E-state index contributed by atoms with van der Waals surface area (Å²) in [5.41, 5.74) is 2.36. The number of rotatable bonds is 4. The first-order chi connectivity index (χ1) is 16.0. The van der Waals surface area contributed by atoms with E-state index in [0.29, 0.717) is 32.9 Å². The minimum atomic E-state index is -0.758. The molecule has 0 spiro atoms. The summed E-state index contributed by atoms with van der Waals surface area (Å²) in [6, 6.07) is 18.6. The predicted octanol–water partition coefficient (Wildman–Crippen LogP) is 6.06. The van der Waals surface area contributed by atoms with Gasteiger partial charge in [-0.15, -0.1) is 5.10 Å². The first kappa shape index (κ1) is 21.5. The van der Waals surface area contributed by atoms with Crippen LogP contribution in [0.3, 0.4) is 0 Å². The van der Waals surface area contributed by atoms with E-state index >= 15 is 0 Å². The number of nitrogens with zero attached hydrogens (tertiary/aromatic N) is 4. The van der Waals surface area contributed by atoms with Crippen LogP contribution in [0.25, 0.3) is 33.9 Å². The Bertz CT molecular complexity index is 1580. The monoisotopic (exact) mass is 526 g/mol. The molecule has 33 heavy (non-hydrogen) atoms. The molecule has 0 radical (unpaired) electrons. The Hall–Kier alpha value is -3.36. The van der Waals surface area contributed by atoms with Crippen molar-refractivity contribution in [1.82, 2.24) is 19.3 Å². The van der Waals surface area contributed by atoms with Gasteiger partial charge in [0.05, 0.1) is 27.3 Å². The predicted molar refractivity (Wildman–Crippen MR) is 127 cm³/mol. The van der Waals surface area contributed by atoms with Crippen molar-refractivity contribution in [3.8, 4) is 22.9 Å². The third-order valence-corrected chi connectivity index (χ3v) is 6.11. The molecule has 0 amide bonds. The van der Waals surface area contributed by atoms with E-state index in [-0.39, 0.29) is 16.9 Å². The van der Waals surface area contributed by atoms with E-state index < -0.39 is 11.6 Å². The Balaban J connectivity index is 1.82. The van der Waals surface area contributed by atoms with Crippen molar-refractivity contribution in [1.29, 1.82) is 0 Å². The van der Waals surface area contributed by atoms with Gasteiger partial charge in [0.1, 0.15) is 17.5 Å². The minimum absolute atomic E-state index is 0.102. The second kappa shape index (κ2) is 8.53. The smallest absolute Gasteiger partial charge is 0.271 e. The molecule has 0 unspecified atom stereocenters. The number of benzene rings is 3. The van der Waals surface area contributed by atoms with Gasteiger partial charge in [0.15, 0.2) is 5.82 Å². The van der Waals surface area contributed by atoms with E-state index in [9.17, 15) is 13.6 Å². The summed E-state index contributed by atoms with van der Waals surface area (Å²) < 4.78 is 31.2. The van der Waals surface area contributed by atoms with Crippen LogP contribution >= 0.6 is 27.5 Å². The second-order valence-electron chi connectivity index (χ2n) is 7.24. The van der Waals surface area contributed by atoms with Gasteiger partial charge in [0.2, 0.25) is 0 Å². The van der Waals surface area contributed by atoms with Gasteiger partial charge in [-0.3, -0.25) is 9.36 Å². The van der Waals surface area contributed by atoms with Crippen molar-refractivity contribution in [3.05, 3.63) is 105 Å². The van der Waals surface area contributed by atoms with Gasteiger partial charge in [-0.1, -0.05) is 45.7 Å². The molecule has 5 aromatic rings. The van der Waals surface area contributed by atoms with Gasteiger partial charge < -0.3 is 0 Å². The topological polar surface area (TPSA) is 52.7 Å². The summed E-state index contributed by atoms with van der Waals surface area (Å²) in [6.45, 7) is 0. The van der Waals surface area contributed by atoms with Crippen LogP contribution in [0.1, 0.15) is 5.56 Å². The van der Waals surface area contributed by atoms with Crippen molar-refractivity contribution in [2.24, 2.45) is 0 Å². The van der Waals surface area contributed by atoms with Crippen LogP contribution in [0.5, 0.6) is 0 Å². The first-order valence-electron chi connectivity index (χ1n) is 9.84. The average Bonchev–Trinajstić information content (AvgIpc) is 3.18. The zero-order valence-corrected chi connectivity index (χ0v) is 19.2. The number of hydrogen-bond acceptors (Lipinski definition) is 3. The highest BCUT2D eigenvalue weighted by atomic mass is 79.9. The van der Waals surface area contributed by atoms with Gasteiger partial charge >= 0.3 is 0 Å². The van der Waals surface area contributed by atoms with Crippen LogP contribution in [-0.4, -0.2) is 19.3 Å². The second-order valence-corrected chi connectivity index (χ2v) is 8.21. The van der Waals surface area contributed by atoms with Crippen molar-refractivity contribution in [3.63, 3.8) is 0 Å². The van der Waals surface area contributed by atoms with E-state index in [4.69, 9.17) is 11.6 Å². The zero-order chi connectivity index (χ0) is 23.1. The molecule has 0 bridgehead atoms. The lowest BCUT2D eigenvalue weighted by atomic mass is 10.2. The molecular weight excluding hydrogens is 514 g/mol. The van der Waals surface area contributed by atoms with E-state index in [1.807, 2.05) is 18.2 Å². The van der Waals surface area contributed by atoms with Gasteiger partial charge in [-0.2, -0.15) is 4.68 Å². The maximum atomic E-state index is 14.8. The van der Waals surface area contributed by atoms with E-state index in [0.717, 1.165) is 11.6 Å².